The second kappa shape index (κ2) is 10.0. The van der Waals surface area contributed by atoms with Crippen LogP contribution in [0.15, 0.2) is 42.5 Å². The SMILES string of the molecule is COc1ccc(C(=O)NC(C)CC(=O)Nc2cccc(N3CCCC3)c2)cc1OC. The summed E-state index contributed by atoms with van der Waals surface area (Å²) in [6.45, 7) is 3.91. The normalized spacial score (nSPS) is 14.2. The lowest BCUT2D eigenvalue weighted by molar-refractivity contribution is -0.116. The molecule has 160 valence electrons. The number of methoxy groups -OCH3 is 2. The van der Waals surface area contributed by atoms with E-state index in [1.165, 1.54) is 20.0 Å². The van der Waals surface area contributed by atoms with E-state index in [0.717, 1.165) is 24.5 Å². The van der Waals surface area contributed by atoms with Crippen molar-refractivity contribution in [3.05, 3.63) is 48.0 Å². The molecule has 0 aromatic heterocycles. The maximum Gasteiger partial charge on any atom is 0.251 e. The topological polar surface area (TPSA) is 79.9 Å². The van der Waals surface area contributed by atoms with E-state index in [2.05, 4.69) is 21.6 Å². The van der Waals surface area contributed by atoms with Crippen LogP contribution in [0.3, 0.4) is 0 Å². The Hall–Kier alpha value is -3.22. The molecule has 0 bridgehead atoms. The number of hydrogen-bond acceptors (Lipinski definition) is 5. The average molecular weight is 412 g/mol. The Labute approximate surface area is 177 Å². The Bertz CT molecular complexity index is 894. The lowest BCUT2D eigenvalue weighted by Crippen LogP contribution is -2.35. The van der Waals surface area contributed by atoms with Gasteiger partial charge in [-0.3, -0.25) is 9.59 Å². The van der Waals surface area contributed by atoms with Crippen molar-refractivity contribution in [3.63, 3.8) is 0 Å². The van der Waals surface area contributed by atoms with E-state index in [1.54, 1.807) is 32.2 Å². The van der Waals surface area contributed by atoms with Crippen LogP contribution in [0.25, 0.3) is 0 Å². The number of nitrogens with one attached hydrogen (secondary N) is 2. The smallest absolute Gasteiger partial charge is 0.251 e. The van der Waals surface area contributed by atoms with Gasteiger partial charge < -0.3 is 25.0 Å². The number of benzene rings is 2. The van der Waals surface area contributed by atoms with E-state index in [4.69, 9.17) is 9.47 Å². The highest BCUT2D eigenvalue weighted by Gasteiger charge is 2.16. The van der Waals surface area contributed by atoms with Gasteiger partial charge in [0.05, 0.1) is 14.2 Å². The molecule has 1 heterocycles. The van der Waals surface area contributed by atoms with E-state index in [9.17, 15) is 9.59 Å². The first-order valence-corrected chi connectivity index (χ1v) is 10.2. The van der Waals surface area contributed by atoms with Crippen LogP contribution in [0.4, 0.5) is 11.4 Å². The molecule has 0 aliphatic carbocycles. The molecule has 2 aromatic rings. The molecule has 2 amide bonds. The first-order valence-electron chi connectivity index (χ1n) is 10.2. The molecule has 0 spiro atoms. The van der Waals surface area contributed by atoms with Crippen LogP contribution >= 0.6 is 0 Å². The molecule has 1 saturated heterocycles. The van der Waals surface area contributed by atoms with Gasteiger partial charge in [0.1, 0.15) is 0 Å². The number of ether oxygens (including phenoxy) is 2. The standard InChI is InChI=1S/C23H29N3O4/c1-16(24-23(28)17-9-10-20(29-2)21(14-17)30-3)13-22(27)25-18-7-6-8-19(15-18)26-11-4-5-12-26/h6-10,14-16H,4-5,11-13H2,1-3H3,(H,24,28)(H,25,27). The van der Waals surface area contributed by atoms with Gasteiger partial charge in [0.2, 0.25) is 5.91 Å². The summed E-state index contributed by atoms with van der Waals surface area (Å²) in [5, 5.41) is 5.78. The first kappa shape index (κ1) is 21.5. The van der Waals surface area contributed by atoms with Crippen molar-refractivity contribution in [1.29, 1.82) is 0 Å². The lowest BCUT2D eigenvalue weighted by atomic mass is 10.1. The molecule has 1 aliphatic heterocycles. The Morgan fingerprint density at radius 3 is 2.47 bits per heavy atom. The van der Waals surface area contributed by atoms with Crippen molar-refractivity contribution in [2.75, 3.05) is 37.5 Å². The quantitative estimate of drug-likeness (QED) is 0.696. The molecule has 2 N–H and O–H groups in total. The van der Waals surface area contributed by atoms with Crippen molar-refractivity contribution in [1.82, 2.24) is 5.32 Å². The number of rotatable bonds is 8. The summed E-state index contributed by atoms with van der Waals surface area (Å²) in [4.78, 5) is 27.3. The molecule has 7 heteroatoms. The summed E-state index contributed by atoms with van der Waals surface area (Å²) >= 11 is 0. The lowest BCUT2D eigenvalue weighted by Gasteiger charge is -2.19. The van der Waals surface area contributed by atoms with Gasteiger partial charge in [-0.1, -0.05) is 6.07 Å². The number of carbonyl (C=O) groups excluding carboxylic acids is 2. The average Bonchev–Trinajstić information content (AvgIpc) is 3.28. The Morgan fingerprint density at radius 1 is 1.03 bits per heavy atom. The zero-order valence-corrected chi connectivity index (χ0v) is 17.7. The van der Waals surface area contributed by atoms with Crippen LogP contribution in [0, 0.1) is 0 Å². The molecule has 3 rings (SSSR count). The summed E-state index contributed by atoms with van der Waals surface area (Å²) < 4.78 is 10.4. The van der Waals surface area contributed by atoms with Crippen molar-refractivity contribution in [2.24, 2.45) is 0 Å². The fourth-order valence-electron chi connectivity index (χ4n) is 3.58. The fourth-order valence-corrected chi connectivity index (χ4v) is 3.58. The maximum absolute atomic E-state index is 12.5. The minimum atomic E-state index is -0.327. The van der Waals surface area contributed by atoms with Gasteiger partial charge in [-0.15, -0.1) is 0 Å². The third-order valence-corrected chi connectivity index (χ3v) is 5.12. The molecule has 1 fully saturated rings. The second-order valence-corrected chi connectivity index (χ2v) is 7.44. The van der Waals surface area contributed by atoms with Gasteiger partial charge in [0.25, 0.3) is 5.91 Å². The van der Waals surface area contributed by atoms with Gasteiger partial charge >= 0.3 is 0 Å². The van der Waals surface area contributed by atoms with E-state index in [1.807, 2.05) is 18.2 Å². The molecule has 0 radical (unpaired) electrons. The van der Waals surface area contributed by atoms with E-state index in [0.29, 0.717) is 17.1 Å². The summed E-state index contributed by atoms with van der Waals surface area (Å²) in [7, 11) is 3.06. The maximum atomic E-state index is 12.5. The van der Waals surface area contributed by atoms with Crippen LogP contribution < -0.4 is 25.0 Å². The molecular formula is C23H29N3O4. The third kappa shape index (κ3) is 5.43. The Morgan fingerprint density at radius 2 is 1.77 bits per heavy atom. The molecule has 1 unspecified atom stereocenters. The van der Waals surface area contributed by atoms with E-state index in [-0.39, 0.29) is 24.3 Å². The number of amides is 2. The highest BCUT2D eigenvalue weighted by Crippen LogP contribution is 2.27. The number of anilines is 2. The molecule has 1 aliphatic rings. The largest absolute Gasteiger partial charge is 0.493 e. The van der Waals surface area contributed by atoms with Crippen LogP contribution in [0.1, 0.15) is 36.5 Å². The Balaban J connectivity index is 1.54. The molecule has 30 heavy (non-hydrogen) atoms. The van der Waals surface area contributed by atoms with Gasteiger partial charge in [-0.05, 0) is 56.2 Å². The van der Waals surface area contributed by atoms with Crippen molar-refractivity contribution in [3.8, 4) is 11.5 Å². The number of carbonyl (C=O) groups is 2. The molecule has 7 nitrogen and oxygen atoms in total. The van der Waals surface area contributed by atoms with Gasteiger partial charge in [-0.25, -0.2) is 0 Å². The molecule has 1 atom stereocenters. The predicted molar refractivity (Wildman–Crippen MR) is 118 cm³/mol. The predicted octanol–water partition coefficient (Wildman–Crippen LogP) is 3.45. The summed E-state index contributed by atoms with van der Waals surface area (Å²) in [5.74, 6) is 0.618. The van der Waals surface area contributed by atoms with Crippen molar-refractivity contribution < 1.29 is 19.1 Å². The second-order valence-electron chi connectivity index (χ2n) is 7.44. The van der Waals surface area contributed by atoms with Crippen molar-refractivity contribution >= 4 is 23.2 Å². The van der Waals surface area contributed by atoms with Gasteiger partial charge in [0, 0.05) is 42.5 Å². The third-order valence-electron chi connectivity index (χ3n) is 5.12. The van der Waals surface area contributed by atoms with Crippen LogP contribution in [0.2, 0.25) is 0 Å². The first-order chi connectivity index (χ1) is 14.5. The molecule has 2 aromatic carbocycles. The summed E-state index contributed by atoms with van der Waals surface area (Å²) in [5.41, 5.74) is 2.33. The number of hydrogen-bond donors (Lipinski definition) is 2. The van der Waals surface area contributed by atoms with Gasteiger partial charge in [0.15, 0.2) is 11.5 Å². The monoisotopic (exact) mass is 411 g/mol. The number of nitrogens with zero attached hydrogens (tertiary/aromatic N) is 1. The molecule has 0 saturated carbocycles. The van der Waals surface area contributed by atoms with Crippen LogP contribution in [-0.4, -0.2) is 45.2 Å². The Kier molecular flexibility index (Phi) is 7.17. The molecular weight excluding hydrogens is 382 g/mol. The zero-order valence-electron chi connectivity index (χ0n) is 17.7. The highest BCUT2D eigenvalue weighted by atomic mass is 16.5. The highest BCUT2D eigenvalue weighted by molar-refractivity contribution is 5.96. The fraction of sp³-hybridized carbons (Fsp3) is 0.391. The minimum Gasteiger partial charge on any atom is -0.493 e. The van der Waals surface area contributed by atoms with E-state index >= 15 is 0 Å². The van der Waals surface area contributed by atoms with Crippen LogP contribution in [0.5, 0.6) is 11.5 Å². The van der Waals surface area contributed by atoms with E-state index < -0.39 is 0 Å². The summed E-state index contributed by atoms with van der Waals surface area (Å²) in [6.07, 6.45) is 2.58. The van der Waals surface area contributed by atoms with Crippen LogP contribution in [-0.2, 0) is 4.79 Å². The van der Waals surface area contributed by atoms with Gasteiger partial charge in [-0.2, -0.15) is 0 Å². The summed E-state index contributed by atoms with van der Waals surface area (Å²) in [6, 6.07) is 12.5. The van der Waals surface area contributed by atoms with Crippen molar-refractivity contribution in [2.45, 2.75) is 32.2 Å². The minimum absolute atomic E-state index is 0.145. The zero-order chi connectivity index (χ0) is 21.5.